The van der Waals surface area contributed by atoms with Crippen LogP contribution >= 0.6 is 0 Å². The maximum absolute atomic E-state index is 13.5. The molecular formula is C14H17FO. The van der Waals surface area contributed by atoms with E-state index in [1.165, 1.54) is 18.9 Å². The second-order valence-electron chi connectivity index (χ2n) is 4.76. The Morgan fingerprint density at radius 2 is 2.06 bits per heavy atom. The van der Waals surface area contributed by atoms with Gasteiger partial charge in [-0.15, -0.1) is 0 Å². The Bertz CT molecular complexity index is 392. The number of hydrogen-bond donors (Lipinski definition) is 0. The lowest BCUT2D eigenvalue weighted by Gasteiger charge is -2.08. The van der Waals surface area contributed by atoms with E-state index in [1.807, 2.05) is 6.92 Å². The van der Waals surface area contributed by atoms with Gasteiger partial charge in [0, 0.05) is 6.42 Å². The lowest BCUT2D eigenvalue weighted by molar-refractivity contribution is 0.0958. The Morgan fingerprint density at radius 1 is 1.38 bits per heavy atom. The molecule has 0 heterocycles. The molecular weight excluding hydrogens is 203 g/mol. The third-order valence-electron chi connectivity index (χ3n) is 3.37. The normalized spacial score (nSPS) is 16.6. The maximum Gasteiger partial charge on any atom is 0.166 e. The summed E-state index contributed by atoms with van der Waals surface area (Å²) in [7, 11) is 0. The fourth-order valence-electron chi connectivity index (χ4n) is 2.44. The molecule has 0 saturated heterocycles. The van der Waals surface area contributed by atoms with Gasteiger partial charge in [0.25, 0.3) is 0 Å². The van der Waals surface area contributed by atoms with Crippen LogP contribution in [0.15, 0.2) is 18.2 Å². The molecule has 0 aliphatic heterocycles. The van der Waals surface area contributed by atoms with Gasteiger partial charge in [0.15, 0.2) is 5.78 Å². The van der Waals surface area contributed by atoms with E-state index in [1.54, 1.807) is 12.1 Å². The number of aryl methyl sites for hydroxylation is 1. The molecule has 16 heavy (non-hydrogen) atoms. The van der Waals surface area contributed by atoms with Crippen molar-refractivity contribution in [3.05, 3.63) is 35.1 Å². The largest absolute Gasteiger partial charge is 0.294 e. The van der Waals surface area contributed by atoms with E-state index in [4.69, 9.17) is 0 Å². The summed E-state index contributed by atoms with van der Waals surface area (Å²) in [6, 6.07) is 4.74. The predicted octanol–water partition coefficient (Wildman–Crippen LogP) is 3.90. The summed E-state index contributed by atoms with van der Waals surface area (Å²) in [5.74, 6) is 0.0640. The Hall–Kier alpha value is -1.18. The highest BCUT2D eigenvalue weighted by Gasteiger charge is 2.20. The third-order valence-corrected chi connectivity index (χ3v) is 3.37. The summed E-state index contributed by atoms with van der Waals surface area (Å²) in [6.07, 6.45) is 5.20. The Labute approximate surface area is 95.7 Å². The van der Waals surface area contributed by atoms with Crippen molar-refractivity contribution in [1.29, 1.82) is 0 Å². The molecule has 0 unspecified atom stereocenters. The highest BCUT2D eigenvalue weighted by atomic mass is 19.1. The molecule has 2 heteroatoms. The number of carbonyl (C=O) groups is 1. The number of carbonyl (C=O) groups excluding carboxylic acids is 1. The molecule has 0 spiro atoms. The lowest BCUT2D eigenvalue weighted by Crippen LogP contribution is -2.08. The molecule has 1 aliphatic carbocycles. The van der Waals surface area contributed by atoms with Gasteiger partial charge in [0.05, 0.1) is 5.56 Å². The number of benzene rings is 1. The van der Waals surface area contributed by atoms with Crippen LogP contribution in [0.5, 0.6) is 0 Å². The third kappa shape index (κ3) is 2.49. The molecule has 0 aromatic heterocycles. The van der Waals surface area contributed by atoms with Gasteiger partial charge in [0.1, 0.15) is 5.82 Å². The van der Waals surface area contributed by atoms with E-state index in [9.17, 15) is 9.18 Å². The first kappa shape index (κ1) is 11.3. The van der Waals surface area contributed by atoms with Crippen LogP contribution < -0.4 is 0 Å². The minimum Gasteiger partial charge on any atom is -0.294 e. The van der Waals surface area contributed by atoms with Gasteiger partial charge in [-0.2, -0.15) is 0 Å². The summed E-state index contributed by atoms with van der Waals surface area (Å²) in [4.78, 5) is 11.9. The zero-order valence-electron chi connectivity index (χ0n) is 9.63. The molecule has 0 bridgehead atoms. The van der Waals surface area contributed by atoms with Crippen LogP contribution in [0.2, 0.25) is 0 Å². The van der Waals surface area contributed by atoms with E-state index in [0.717, 1.165) is 18.4 Å². The van der Waals surface area contributed by atoms with Crippen molar-refractivity contribution in [2.24, 2.45) is 5.92 Å². The van der Waals surface area contributed by atoms with Crippen LogP contribution in [-0.4, -0.2) is 5.78 Å². The van der Waals surface area contributed by atoms with Crippen molar-refractivity contribution >= 4 is 5.78 Å². The van der Waals surface area contributed by atoms with Crippen molar-refractivity contribution < 1.29 is 9.18 Å². The van der Waals surface area contributed by atoms with Crippen molar-refractivity contribution in [2.45, 2.75) is 39.0 Å². The van der Waals surface area contributed by atoms with E-state index in [2.05, 4.69) is 0 Å². The molecule has 0 N–H and O–H groups in total. The van der Waals surface area contributed by atoms with Gasteiger partial charge < -0.3 is 0 Å². The Morgan fingerprint density at radius 3 is 2.75 bits per heavy atom. The van der Waals surface area contributed by atoms with Crippen LogP contribution in [0.25, 0.3) is 0 Å². The van der Waals surface area contributed by atoms with Gasteiger partial charge in [0.2, 0.25) is 0 Å². The number of rotatable bonds is 3. The summed E-state index contributed by atoms with van der Waals surface area (Å²) in [5, 5.41) is 0. The van der Waals surface area contributed by atoms with Crippen LogP contribution in [0, 0.1) is 18.7 Å². The van der Waals surface area contributed by atoms with Gasteiger partial charge >= 0.3 is 0 Å². The number of Topliss-reactive ketones (excluding diaryl/α,β-unsaturated/α-hetero) is 1. The molecule has 1 aromatic carbocycles. The molecule has 0 amide bonds. The number of hydrogen-bond acceptors (Lipinski definition) is 1. The smallest absolute Gasteiger partial charge is 0.166 e. The van der Waals surface area contributed by atoms with Crippen LogP contribution in [0.1, 0.15) is 48.0 Å². The Kier molecular flexibility index (Phi) is 3.37. The van der Waals surface area contributed by atoms with Gasteiger partial charge in [-0.1, -0.05) is 37.3 Å². The van der Waals surface area contributed by atoms with Crippen LogP contribution in [0.4, 0.5) is 4.39 Å². The molecule has 86 valence electrons. The minimum absolute atomic E-state index is 0.0342. The first-order valence-corrected chi connectivity index (χ1v) is 5.96. The molecule has 1 fully saturated rings. The van der Waals surface area contributed by atoms with Crippen molar-refractivity contribution in [1.82, 2.24) is 0 Å². The Balaban J connectivity index is 2.10. The van der Waals surface area contributed by atoms with E-state index < -0.39 is 0 Å². The van der Waals surface area contributed by atoms with E-state index in [-0.39, 0.29) is 17.2 Å². The van der Waals surface area contributed by atoms with E-state index >= 15 is 0 Å². The molecule has 1 aliphatic rings. The average Bonchev–Trinajstić information content (AvgIpc) is 2.74. The second kappa shape index (κ2) is 4.77. The molecule has 0 atom stereocenters. The van der Waals surface area contributed by atoms with Gasteiger partial charge in [-0.25, -0.2) is 4.39 Å². The average molecular weight is 220 g/mol. The molecule has 1 aromatic rings. The molecule has 1 saturated carbocycles. The van der Waals surface area contributed by atoms with Crippen LogP contribution in [-0.2, 0) is 0 Å². The summed E-state index contributed by atoms with van der Waals surface area (Å²) in [5.41, 5.74) is 1.21. The summed E-state index contributed by atoms with van der Waals surface area (Å²) >= 11 is 0. The number of halogens is 1. The monoisotopic (exact) mass is 220 g/mol. The highest BCUT2D eigenvalue weighted by Crippen LogP contribution is 2.29. The fraction of sp³-hybridized carbons (Fsp3) is 0.500. The SMILES string of the molecule is Cc1ccc(F)c(C(=O)CC2CCCC2)c1. The van der Waals surface area contributed by atoms with Crippen molar-refractivity contribution in [3.63, 3.8) is 0 Å². The lowest BCUT2D eigenvalue weighted by atomic mass is 9.96. The molecule has 0 radical (unpaired) electrons. The number of ketones is 1. The van der Waals surface area contributed by atoms with Gasteiger partial charge in [-0.3, -0.25) is 4.79 Å². The van der Waals surface area contributed by atoms with E-state index in [0.29, 0.717) is 12.3 Å². The quantitative estimate of drug-likeness (QED) is 0.706. The summed E-state index contributed by atoms with van der Waals surface area (Å²) < 4.78 is 13.5. The zero-order chi connectivity index (χ0) is 11.5. The summed E-state index contributed by atoms with van der Waals surface area (Å²) in [6.45, 7) is 1.88. The molecule has 1 nitrogen and oxygen atoms in total. The second-order valence-corrected chi connectivity index (χ2v) is 4.76. The van der Waals surface area contributed by atoms with Crippen molar-refractivity contribution in [3.8, 4) is 0 Å². The minimum atomic E-state index is -0.381. The first-order chi connectivity index (χ1) is 7.66. The standard InChI is InChI=1S/C14H17FO/c1-10-6-7-13(15)12(8-10)14(16)9-11-4-2-3-5-11/h6-8,11H,2-5,9H2,1H3. The molecule has 2 rings (SSSR count). The van der Waals surface area contributed by atoms with Gasteiger partial charge in [-0.05, 0) is 25.0 Å². The topological polar surface area (TPSA) is 17.1 Å². The fourth-order valence-corrected chi connectivity index (χ4v) is 2.44. The first-order valence-electron chi connectivity index (χ1n) is 5.96. The van der Waals surface area contributed by atoms with Crippen LogP contribution in [0.3, 0.4) is 0 Å². The van der Waals surface area contributed by atoms with Crippen molar-refractivity contribution in [2.75, 3.05) is 0 Å². The maximum atomic E-state index is 13.5. The zero-order valence-corrected chi connectivity index (χ0v) is 9.63. The predicted molar refractivity (Wildman–Crippen MR) is 62.0 cm³/mol. The highest BCUT2D eigenvalue weighted by molar-refractivity contribution is 5.96.